The van der Waals surface area contributed by atoms with Crippen molar-refractivity contribution in [3.8, 4) is 11.5 Å². The Hall–Kier alpha value is -0.740. The molecule has 4 heteroatoms. The molecule has 0 aromatic heterocycles. The number of benzene rings is 1. The Balaban J connectivity index is 2.42. The zero-order valence-electron chi connectivity index (χ0n) is 11.7. The number of ether oxygens (including phenoxy) is 2. The summed E-state index contributed by atoms with van der Waals surface area (Å²) in [6.07, 6.45) is 4.80. The first-order chi connectivity index (χ1) is 8.91. The molecule has 3 nitrogen and oxygen atoms in total. The molecular formula is C15H21BrO3. The van der Waals surface area contributed by atoms with Crippen LogP contribution in [0.1, 0.15) is 45.1 Å². The van der Waals surface area contributed by atoms with Crippen LogP contribution in [0, 0.1) is 0 Å². The van der Waals surface area contributed by atoms with Crippen molar-refractivity contribution in [1.29, 1.82) is 0 Å². The van der Waals surface area contributed by atoms with Crippen LogP contribution < -0.4 is 9.47 Å². The number of halogens is 1. The Labute approximate surface area is 123 Å². The average Bonchev–Trinajstić information content (AvgIpc) is 2.82. The zero-order valence-corrected chi connectivity index (χ0v) is 13.3. The highest BCUT2D eigenvalue weighted by Crippen LogP contribution is 2.41. The normalized spacial score (nSPS) is 16.7. The van der Waals surface area contributed by atoms with Gasteiger partial charge in [-0.3, -0.25) is 0 Å². The fourth-order valence-electron chi connectivity index (χ4n) is 2.47. The molecule has 0 radical (unpaired) electrons. The molecule has 1 N–H and O–H groups in total. The van der Waals surface area contributed by atoms with Gasteiger partial charge >= 0.3 is 0 Å². The maximum atomic E-state index is 10.3. The van der Waals surface area contributed by atoms with E-state index >= 15 is 0 Å². The molecule has 1 saturated carbocycles. The fraction of sp³-hybridized carbons (Fsp3) is 0.600. The van der Waals surface area contributed by atoms with E-state index < -0.39 is 5.60 Å². The van der Waals surface area contributed by atoms with Crippen molar-refractivity contribution >= 4 is 15.9 Å². The predicted octanol–water partition coefficient (Wildman–Crippen LogP) is 4.01. The van der Waals surface area contributed by atoms with E-state index in [1.165, 1.54) is 12.8 Å². The molecule has 0 atom stereocenters. The zero-order chi connectivity index (χ0) is 14.0. The van der Waals surface area contributed by atoms with Crippen LogP contribution in [0.4, 0.5) is 0 Å². The quantitative estimate of drug-likeness (QED) is 0.907. The van der Waals surface area contributed by atoms with Crippen molar-refractivity contribution in [3.63, 3.8) is 0 Å². The summed E-state index contributed by atoms with van der Waals surface area (Å²) in [4.78, 5) is 0. The van der Waals surface area contributed by atoms with Crippen molar-refractivity contribution in [2.45, 2.75) is 51.2 Å². The van der Waals surface area contributed by atoms with Crippen LogP contribution in [0.25, 0.3) is 0 Å². The summed E-state index contributed by atoms with van der Waals surface area (Å²) >= 11 is 3.45. The number of rotatable bonds is 4. The van der Waals surface area contributed by atoms with Crippen LogP contribution in [-0.4, -0.2) is 18.3 Å². The number of hydrogen-bond donors (Lipinski definition) is 1. The van der Waals surface area contributed by atoms with E-state index in [4.69, 9.17) is 9.47 Å². The summed E-state index contributed by atoms with van der Waals surface area (Å²) in [5, 5.41) is 10.3. The second-order valence-corrected chi connectivity index (χ2v) is 6.48. The monoisotopic (exact) mass is 328 g/mol. The lowest BCUT2D eigenvalue weighted by Crippen LogP contribution is -2.20. The number of hydrogen-bond acceptors (Lipinski definition) is 3. The molecule has 0 bridgehead atoms. The molecule has 0 amide bonds. The Kier molecular flexibility index (Phi) is 4.41. The molecule has 1 aromatic rings. The smallest absolute Gasteiger partial charge is 0.167 e. The predicted molar refractivity (Wildman–Crippen MR) is 78.8 cm³/mol. The molecule has 106 valence electrons. The maximum absolute atomic E-state index is 10.3. The summed E-state index contributed by atoms with van der Waals surface area (Å²) in [6.45, 7) is 3.52. The van der Waals surface area contributed by atoms with E-state index in [-0.39, 0.29) is 6.10 Å². The van der Waals surface area contributed by atoms with Crippen LogP contribution in [0.15, 0.2) is 16.6 Å². The minimum Gasteiger partial charge on any atom is -0.493 e. The molecule has 0 heterocycles. The maximum Gasteiger partial charge on any atom is 0.167 e. The minimum absolute atomic E-state index is 0.233. The largest absolute Gasteiger partial charge is 0.493 e. The van der Waals surface area contributed by atoms with Crippen molar-refractivity contribution in [2.75, 3.05) is 7.11 Å². The molecule has 1 aromatic carbocycles. The van der Waals surface area contributed by atoms with Gasteiger partial charge in [-0.1, -0.05) is 15.9 Å². The van der Waals surface area contributed by atoms with Gasteiger partial charge in [0, 0.05) is 10.0 Å². The summed E-state index contributed by atoms with van der Waals surface area (Å²) in [5.41, 5.74) is -0.212. The van der Waals surface area contributed by atoms with Gasteiger partial charge in [-0.15, -0.1) is 0 Å². The second-order valence-electron chi connectivity index (χ2n) is 5.57. The highest BCUT2D eigenvalue weighted by Gasteiger charge is 2.27. The summed E-state index contributed by atoms with van der Waals surface area (Å²) in [6, 6.07) is 3.77. The molecule has 0 spiro atoms. The summed E-state index contributed by atoms with van der Waals surface area (Å²) in [5.74, 6) is 1.34. The lowest BCUT2D eigenvalue weighted by molar-refractivity contribution is 0.0713. The molecule has 19 heavy (non-hydrogen) atoms. The van der Waals surface area contributed by atoms with Crippen LogP contribution >= 0.6 is 15.9 Å². The van der Waals surface area contributed by atoms with Crippen molar-refractivity contribution < 1.29 is 14.6 Å². The molecule has 0 unspecified atom stereocenters. The Bertz CT molecular complexity index is 445. The van der Waals surface area contributed by atoms with E-state index in [9.17, 15) is 5.11 Å². The fourth-order valence-corrected chi connectivity index (χ4v) is 2.91. The summed E-state index contributed by atoms with van der Waals surface area (Å²) < 4.78 is 12.4. The van der Waals surface area contributed by atoms with Crippen LogP contribution in [0.5, 0.6) is 11.5 Å². The van der Waals surface area contributed by atoms with Crippen LogP contribution in [-0.2, 0) is 5.60 Å². The van der Waals surface area contributed by atoms with E-state index in [1.54, 1.807) is 21.0 Å². The third kappa shape index (κ3) is 3.42. The number of aliphatic hydroxyl groups is 1. The third-order valence-electron chi connectivity index (χ3n) is 3.49. The number of methoxy groups -OCH3 is 1. The topological polar surface area (TPSA) is 38.7 Å². The van der Waals surface area contributed by atoms with E-state index in [1.807, 2.05) is 12.1 Å². The van der Waals surface area contributed by atoms with Gasteiger partial charge in [0.05, 0.1) is 18.8 Å². The first-order valence-electron chi connectivity index (χ1n) is 6.69. The molecule has 1 aliphatic carbocycles. The van der Waals surface area contributed by atoms with Gasteiger partial charge in [0.25, 0.3) is 0 Å². The average molecular weight is 329 g/mol. The minimum atomic E-state index is -0.967. The van der Waals surface area contributed by atoms with Crippen LogP contribution in [0.3, 0.4) is 0 Å². The lowest BCUT2D eigenvalue weighted by atomic mass is 9.97. The van der Waals surface area contributed by atoms with Gasteiger partial charge in [0.15, 0.2) is 11.5 Å². The first kappa shape index (κ1) is 14.7. The van der Waals surface area contributed by atoms with Gasteiger partial charge in [0.1, 0.15) is 0 Å². The standard InChI is InChI=1S/C15H21BrO3/c1-15(2,17)12-8-10(16)9-13(18-3)14(12)19-11-6-4-5-7-11/h8-9,11,17H,4-7H2,1-3H3. The van der Waals surface area contributed by atoms with Gasteiger partial charge in [-0.2, -0.15) is 0 Å². The highest BCUT2D eigenvalue weighted by atomic mass is 79.9. The SMILES string of the molecule is COc1cc(Br)cc(C(C)(C)O)c1OC1CCCC1. The molecule has 1 aliphatic rings. The Morgan fingerprint density at radius 3 is 2.42 bits per heavy atom. The molecule has 0 aliphatic heterocycles. The molecule has 1 fully saturated rings. The van der Waals surface area contributed by atoms with Crippen molar-refractivity contribution in [1.82, 2.24) is 0 Å². The summed E-state index contributed by atoms with van der Waals surface area (Å²) in [7, 11) is 1.62. The van der Waals surface area contributed by atoms with Gasteiger partial charge in [0.2, 0.25) is 0 Å². The van der Waals surface area contributed by atoms with Gasteiger partial charge in [-0.25, -0.2) is 0 Å². The third-order valence-corrected chi connectivity index (χ3v) is 3.94. The van der Waals surface area contributed by atoms with E-state index in [0.717, 1.165) is 22.9 Å². The molecule has 2 rings (SSSR count). The van der Waals surface area contributed by atoms with Crippen molar-refractivity contribution in [3.05, 3.63) is 22.2 Å². The van der Waals surface area contributed by atoms with Crippen LogP contribution in [0.2, 0.25) is 0 Å². The van der Waals surface area contributed by atoms with E-state index in [2.05, 4.69) is 15.9 Å². The highest BCUT2D eigenvalue weighted by molar-refractivity contribution is 9.10. The Morgan fingerprint density at radius 2 is 1.89 bits per heavy atom. The van der Waals surface area contributed by atoms with Gasteiger partial charge < -0.3 is 14.6 Å². The first-order valence-corrected chi connectivity index (χ1v) is 7.48. The van der Waals surface area contributed by atoms with Crippen molar-refractivity contribution in [2.24, 2.45) is 0 Å². The Morgan fingerprint density at radius 1 is 1.26 bits per heavy atom. The molecular weight excluding hydrogens is 308 g/mol. The van der Waals surface area contributed by atoms with E-state index in [0.29, 0.717) is 11.5 Å². The van der Waals surface area contributed by atoms with Gasteiger partial charge in [-0.05, 0) is 51.7 Å². The molecule has 0 saturated heterocycles. The second kappa shape index (κ2) is 5.71. The lowest BCUT2D eigenvalue weighted by Gasteiger charge is -2.25.